The van der Waals surface area contributed by atoms with Gasteiger partial charge in [0.2, 0.25) is 5.89 Å². The minimum Gasteiger partial charge on any atom is -0.407 e. The normalized spacial score (nSPS) is 12.6. The van der Waals surface area contributed by atoms with E-state index < -0.39 is 0 Å². The predicted molar refractivity (Wildman–Crippen MR) is 68.2 cm³/mol. The third-order valence-corrected chi connectivity index (χ3v) is 3.02. The Morgan fingerprint density at radius 2 is 2.35 bits per heavy atom. The molecule has 0 aromatic carbocycles. The number of hydrogen-bond acceptors (Lipinski definition) is 6. The molecule has 2 rings (SSSR count). The maximum atomic E-state index is 5.42. The van der Waals surface area contributed by atoms with Gasteiger partial charge in [-0.1, -0.05) is 5.10 Å². The van der Waals surface area contributed by atoms with Crippen LogP contribution in [-0.2, 0) is 13.0 Å². The van der Waals surface area contributed by atoms with Crippen LogP contribution in [0, 0.1) is 0 Å². The van der Waals surface area contributed by atoms with Gasteiger partial charge in [-0.2, -0.15) is 11.3 Å². The summed E-state index contributed by atoms with van der Waals surface area (Å²) in [4.78, 5) is 0. The molecule has 5 nitrogen and oxygen atoms in total. The van der Waals surface area contributed by atoms with Crippen molar-refractivity contribution in [3.63, 3.8) is 0 Å². The van der Waals surface area contributed by atoms with Crippen LogP contribution in [0.25, 0.3) is 0 Å². The average molecular weight is 252 g/mol. The van der Waals surface area contributed by atoms with Crippen LogP contribution in [0.5, 0.6) is 0 Å². The number of nitrogens with one attached hydrogen (secondary N) is 2. The topological polar surface area (TPSA) is 63.0 Å². The second-order valence-corrected chi connectivity index (χ2v) is 4.69. The van der Waals surface area contributed by atoms with E-state index in [-0.39, 0.29) is 6.04 Å². The van der Waals surface area contributed by atoms with Crippen LogP contribution in [0.4, 0.5) is 6.01 Å². The monoisotopic (exact) mass is 252 g/mol. The molecule has 1 atom stereocenters. The first-order chi connectivity index (χ1) is 8.28. The highest BCUT2D eigenvalue weighted by atomic mass is 32.1. The molecule has 0 radical (unpaired) electrons. The van der Waals surface area contributed by atoms with Gasteiger partial charge in [-0.3, -0.25) is 0 Å². The van der Waals surface area contributed by atoms with Crippen molar-refractivity contribution in [2.45, 2.75) is 25.9 Å². The molecule has 0 aliphatic carbocycles. The molecule has 0 saturated heterocycles. The summed E-state index contributed by atoms with van der Waals surface area (Å²) in [6, 6.07) is 2.88. The Morgan fingerprint density at radius 1 is 1.47 bits per heavy atom. The molecule has 1 unspecified atom stereocenters. The van der Waals surface area contributed by atoms with Crippen LogP contribution in [0.3, 0.4) is 0 Å². The second-order valence-electron chi connectivity index (χ2n) is 3.91. The summed E-state index contributed by atoms with van der Waals surface area (Å²) in [5, 5.41) is 18.2. The average Bonchev–Trinajstić information content (AvgIpc) is 2.91. The molecule has 2 heterocycles. The van der Waals surface area contributed by atoms with Crippen LogP contribution in [-0.4, -0.2) is 23.3 Å². The van der Waals surface area contributed by atoms with E-state index in [1.165, 1.54) is 5.56 Å². The zero-order valence-corrected chi connectivity index (χ0v) is 10.8. The lowest BCUT2D eigenvalue weighted by atomic mass is 10.1. The maximum absolute atomic E-state index is 5.42. The third-order valence-electron chi connectivity index (χ3n) is 2.29. The number of hydrogen-bond donors (Lipinski definition) is 2. The Morgan fingerprint density at radius 3 is 3.06 bits per heavy atom. The number of rotatable bonds is 6. The van der Waals surface area contributed by atoms with Gasteiger partial charge in [0, 0.05) is 6.04 Å². The largest absolute Gasteiger partial charge is 0.407 e. The molecular weight excluding hydrogens is 236 g/mol. The van der Waals surface area contributed by atoms with E-state index in [1.54, 1.807) is 11.3 Å². The number of anilines is 1. The highest BCUT2D eigenvalue weighted by Crippen LogP contribution is 2.12. The second kappa shape index (κ2) is 5.79. The number of thiophene rings is 1. The Kier molecular flexibility index (Phi) is 4.11. The number of nitrogens with zero attached hydrogens (tertiary/aromatic N) is 2. The third kappa shape index (κ3) is 3.54. The van der Waals surface area contributed by atoms with Gasteiger partial charge < -0.3 is 15.1 Å². The van der Waals surface area contributed by atoms with Gasteiger partial charge in [0.05, 0.1) is 6.54 Å². The Balaban J connectivity index is 1.86. The van der Waals surface area contributed by atoms with Crippen LogP contribution in [0.15, 0.2) is 21.2 Å². The molecule has 0 aliphatic rings. The van der Waals surface area contributed by atoms with Gasteiger partial charge >= 0.3 is 6.01 Å². The molecule has 0 saturated carbocycles. The highest BCUT2D eigenvalue weighted by Gasteiger charge is 2.09. The van der Waals surface area contributed by atoms with Gasteiger partial charge in [0.15, 0.2) is 0 Å². The van der Waals surface area contributed by atoms with Gasteiger partial charge in [-0.15, -0.1) is 5.10 Å². The summed E-state index contributed by atoms with van der Waals surface area (Å²) in [7, 11) is 1.84. The maximum Gasteiger partial charge on any atom is 0.315 e. The molecular formula is C11H16N4OS. The minimum atomic E-state index is 0.271. The standard InChI is InChI=1S/C11H16N4OS/c1-8(5-9-3-4-17-7-9)13-11-15-14-10(16-11)6-12-2/h3-4,7-8,12H,5-6H2,1-2H3,(H,13,15). The van der Waals surface area contributed by atoms with Gasteiger partial charge in [0.1, 0.15) is 0 Å². The van der Waals surface area contributed by atoms with Crippen molar-refractivity contribution in [1.29, 1.82) is 0 Å². The van der Waals surface area contributed by atoms with Crippen LogP contribution in [0.1, 0.15) is 18.4 Å². The smallest absolute Gasteiger partial charge is 0.315 e. The highest BCUT2D eigenvalue weighted by molar-refractivity contribution is 7.07. The molecule has 0 aliphatic heterocycles. The molecule has 0 spiro atoms. The fourth-order valence-electron chi connectivity index (χ4n) is 1.56. The van der Waals surface area contributed by atoms with Crippen LogP contribution >= 0.6 is 11.3 Å². The van der Waals surface area contributed by atoms with E-state index in [0.29, 0.717) is 18.5 Å². The van der Waals surface area contributed by atoms with E-state index in [1.807, 2.05) is 7.05 Å². The quantitative estimate of drug-likeness (QED) is 0.822. The van der Waals surface area contributed by atoms with E-state index in [4.69, 9.17) is 4.42 Å². The van der Waals surface area contributed by atoms with Crippen LogP contribution < -0.4 is 10.6 Å². The van der Waals surface area contributed by atoms with Crippen molar-refractivity contribution in [1.82, 2.24) is 15.5 Å². The molecule has 2 aromatic heterocycles. The molecule has 2 N–H and O–H groups in total. The summed E-state index contributed by atoms with van der Waals surface area (Å²) in [6.45, 7) is 2.69. The summed E-state index contributed by atoms with van der Waals surface area (Å²) >= 11 is 1.71. The molecule has 0 bridgehead atoms. The SMILES string of the molecule is CNCc1nnc(NC(C)Cc2ccsc2)o1. The van der Waals surface area contributed by atoms with Crippen LogP contribution in [0.2, 0.25) is 0 Å². The summed E-state index contributed by atoms with van der Waals surface area (Å²) in [5.74, 6) is 0.595. The predicted octanol–water partition coefficient (Wildman–Crippen LogP) is 1.89. The Hall–Kier alpha value is -1.40. The van der Waals surface area contributed by atoms with E-state index in [0.717, 1.165) is 6.42 Å². The first kappa shape index (κ1) is 12.1. The lowest BCUT2D eigenvalue weighted by Gasteiger charge is -2.10. The number of aromatic nitrogens is 2. The molecule has 17 heavy (non-hydrogen) atoms. The summed E-state index contributed by atoms with van der Waals surface area (Å²) in [6.07, 6.45) is 0.952. The molecule has 0 amide bonds. The van der Waals surface area contributed by atoms with Crippen molar-refractivity contribution < 1.29 is 4.42 Å². The van der Waals surface area contributed by atoms with E-state index >= 15 is 0 Å². The Labute approximate surface area is 104 Å². The van der Waals surface area contributed by atoms with Crippen molar-refractivity contribution in [3.05, 3.63) is 28.3 Å². The molecule has 0 fully saturated rings. The zero-order chi connectivity index (χ0) is 12.1. The van der Waals surface area contributed by atoms with Crippen molar-refractivity contribution in [2.24, 2.45) is 0 Å². The first-order valence-electron chi connectivity index (χ1n) is 5.52. The van der Waals surface area contributed by atoms with Gasteiger partial charge in [0.25, 0.3) is 0 Å². The molecule has 6 heteroatoms. The Bertz CT molecular complexity index is 440. The van der Waals surface area contributed by atoms with E-state index in [9.17, 15) is 0 Å². The van der Waals surface area contributed by atoms with Gasteiger partial charge in [-0.05, 0) is 42.8 Å². The lowest BCUT2D eigenvalue weighted by molar-refractivity contribution is 0.485. The fourth-order valence-corrected chi connectivity index (χ4v) is 2.24. The summed E-state index contributed by atoms with van der Waals surface area (Å²) in [5.41, 5.74) is 1.32. The van der Waals surface area contributed by atoms with Crippen molar-refractivity contribution in [3.8, 4) is 0 Å². The molecule has 92 valence electrons. The zero-order valence-electron chi connectivity index (χ0n) is 9.93. The fraction of sp³-hybridized carbons (Fsp3) is 0.455. The molecule has 2 aromatic rings. The first-order valence-corrected chi connectivity index (χ1v) is 6.47. The van der Waals surface area contributed by atoms with Crippen molar-refractivity contribution in [2.75, 3.05) is 12.4 Å². The van der Waals surface area contributed by atoms with Crippen molar-refractivity contribution >= 4 is 17.4 Å². The minimum absolute atomic E-state index is 0.271. The lowest BCUT2D eigenvalue weighted by Crippen LogP contribution is -2.17. The van der Waals surface area contributed by atoms with E-state index in [2.05, 4.69) is 44.6 Å². The summed E-state index contributed by atoms with van der Waals surface area (Å²) < 4.78 is 5.42. The van der Waals surface area contributed by atoms with Gasteiger partial charge in [-0.25, -0.2) is 0 Å².